The van der Waals surface area contributed by atoms with Crippen molar-refractivity contribution in [2.75, 3.05) is 6.61 Å². The summed E-state index contributed by atoms with van der Waals surface area (Å²) >= 11 is 0. The van der Waals surface area contributed by atoms with Crippen molar-refractivity contribution in [1.82, 2.24) is 0 Å². The zero-order chi connectivity index (χ0) is 19.3. The molecular weight excluding hydrogens is 349 g/mol. The molecule has 1 atom stereocenters. The molecular formula is C23H37F3O. The van der Waals surface area contributed by atoms with Gasteiger partial charge in [0.25, 0.3) is 5.92 Å². The lowest BCUT2D eigenvalue weighted by atomic mass is 9.51. The largest absolute Gasteiger partial charge is 0.377 e. The minimum Gasteiger partial charge on any atom is -0.377 e. The van der Waals surface area contributed by atoms with Crippen LogP contribution in [0.2, 0.25) is 0 Å². The summed E-state index contributed by atoms with van der Waals surface area (Å²) in [7, 11) is 0. The molecule has 156 valence electrons. The van der Waals surface area contributed by atoms with E-state index >= 15 is 0 Å². The lowest BCUT2D eigenvalue weighted by Gasteiger charge is -2.58. The zero-order valence-electron chi connectivity index (χ0n) is 17.1. The van der Waals surface area contributed by atoms with E-state index < -0.39 is 22.9 Å². The number of ether oxygens (including phenoxy) is 1. The van der Waals surface area contributed by atoms with Gasteiger partial charge in [-0.1, -0.05) is 26.7 Å². The highest BCUT2D eigenvalue weighted by Crippen LogP contribution is 2.64. The predicted octanol–water partition coefficient (Wildman–Crippen LogP) is 6.94. The molecule has 5 aliphatic carbocycles. The highest BCUT2D eigenvalue weighted by Gasteiger charge is 2.70. The van der Waals surface area contributed by atoms with Crippen LogP contribution in [0.25, 0.3) is 0 Å². The Morgan fingerprint density at radius 1 is 0.815 bits per heavy atom. The Morgan fingerprint density at radius 2 is 1.33 bits per heavy atom. The van der Waals surface area contributed by atoms with Gasteiger partial charge in [0.15, 0.2) is 6.17 Å². The molecule has 5 rings (SSSR count). The molecule has 0 aromatic heterocycles. The Labute approximate surface area is 162 Å². The fraction of sp³-hybridized carbons (Fsp3) is 1.00. The summed E-state index contributed by atoms with van der Waals surface area (Å²) < 4.78 is 50.3. The summed E-state index contributed by atoms with van der Waals surface area (Å²) in [5.41, 5.74) is -2.10. The van der Waals surface area contributed by atoms with Gasteiger partial charge < -0.3 is 4.74 Å². The van der Waals surface area contributed by atoms with E-state index in [9.17, 15) is 13.2 Å². The van der Waals surface area contributed by atoms with Crippen molar-refractivity contribution in [2.24, 2.45) is 28.6 Å². The SMILES string of the molecule is CC1CCC(C2CCC(OCC34CCC(C)(CC3)C(F)C4(F)F)CC2)CC1. The van der Waals surface area contributed by atoms with Crippen LogP contribution in [-0.4, -0.2) is 24.8 Å². The normalized spacial score (nSPS) is 49.9. The molecule has 1 nitrogen and oxygen atoms in total. The van der Waals surface area contributed by atoms with Crippen LogP contribution in [0.1, 0.15) is 90.9 Å². The molecule has 0 aromatic carbocycles. The van der Waals surface area contributed by atoms with E-state index in [0.29, 0.717) is 25.7 Å². The standard InChI is InChI=1S/C23H37F3O/c1-16-3-5-17(6-4-16)18-7-9-19(10-8-18)27-15-22-13-11-21(2,12-14-22)20(24)23(22,25)26/h16-20H,3-15H2,1-2H3. The number of alkyl halides is 3. The Bertz CT molecular complexity index is 510. The van der Waals surface area contributed by atoms with Crippen molar-refractivity contribution in [2.45, 2.75) is 109 Å². The van der Waals surface area contributed by atoms with Gasteiger partial charge in [0.2, 0.25) is 0 Å². The van der Waals surface area contributed by atoms with Crippen LogP contribution < -0.4 is 0 Å². The van der Waals surface area contributed by atoms with Gasteiger partial charge in [0.05, 0.1) is 18.1 Å². The molecule has 0 saturated heterocycles. The fourth-order valence-corrected chi connectivity index (χ4v) is 6.59. The van der Waals surface area contributed by atoms with E-state index in [1.54, 1.807) is 6.92 Å². The highest BCUT2D eigenvalue weighted by atomic mass is 19.3. The van der Waals surface area contributed by atoms with E-state index in [2.05, 4.69) is 6.92 Å². The third kappa shape index (κ3) is 3.46. The second kappa shape index (κ2) is 7.22. The number of fused-ring (bicyclic) bond motifs is 3. The molecule has 4 heteroatoms. The van der Waals surface area contributed by atoms with Gasteiger partial charge in [-0.3, -0.25) is 0 Å². The minimum absolute atomic E-state index is 0.0484. The van der Waals surface area contributed by atoms with Crippen molar-refractivity contribution in [3.05, 3.63) is 0 Å². The van der Waals surface area contributed by atoms with Gasteiger partial charge >= 0.3 is 0 Å². The molecule has 5 saturated carbocycles. The van der Waals surface area contributed by atoms with Crippen molar-refractivity contribution in [3.63, 3.8) is 0 Å². The Kier molecular flexibility index (Phi) is 5.36. The molecule has 0 radical (unpaired) electrons. The van der Waals surface area contributed by atoms with Crippen LogP contribution in [0.3, 0.4) is 0 Å². The van der Waals surface area contributed by atoms with Gasteiger partial charge in [-0.05, 0) is 82.0 Å². The van der Waals surface area contributed by atoms with Crippen LogP contribution in [0, 0.1) is 28.6 Å². The number of halogens is 3. The van der Waals surface area contributed by atoms with Crippen molar-refractivity contribution >= 4 is 0 Å². The van der Waals surface area contributed by atoms with Crippen LogP contribution in [0.15, 0.2) is 0 Å². The second-order valence-electron chi connectivity index (χ2n) is 10.8. The monoisotopic (exact) mass is 386 g/mol. The third-order valence-electron chi connectivity index (χ3n) is 9.03. The first-order chi connectivity index (χ1) is 12.8. The van der Waals surface area contributed by atoms with Gasteiger partial charge in [0.1, 0.15) is 0 Å². The summed E-state index contributed by atoms with van der Waals surface area (Å²) in [6.07, 6.45) is 9.84. The quantitative estimate of drug-likeness (QED) is 0.508. The van der Waals surface area contributed by atoms with Crippen molar-refractivity contribution in [3.8, 4) is 0 Å². The maximum Gasteiger partial charge on any atom is 0.286 e. The molecule has 0 amide bonds. The zero-order valence-corrected chi connectivity index (χ0v) is 17.1. The van der Waals surface area contributed by atoms with Gasteiger partial charge in [-0.25, -0.2) is 13.2 Å². The summed E-state index contributed by atoms with van der Waals surface area (Å²) in [5, 5.41) is 0. The van der Waals surface area contributed by atoms with E-state index in [1.807, 2.05) is 0 Å². The van der Waals surface area contributed by atoms with E-state index in [1.165, 1.54) is 38.5 Å². The summed E-state index contributed by atoms with van der Waals surface area (Å²) in [4.78, 5) is 0. The van der Waals surface area contributed by atoms with Crippen LogP contribution in [0.5, 0.6) is 0 Å². The summed E-state index contributed by atoms with van der Waals surface area (Å²) in [6, 6.07) is 0. The summed E-state index contributed by atoms with van der Waals surface area (Å²) in [6.45, 7) is 4.10. The molecule has 27 heavy (non-hydrogen) atoms. The van der Waals surface area contributed by atoms with E-state index in [4.69, 9.17) is 4.74 Å². The molecule has 5 fully saturated rings. The average Bonchev–Trinajstić information content (AvgIpc) is 2.67. The van der Waals surface area contributed by atoms with Crippen LogP contribution in [-0.2, 0) is 4.74 Å². The van der Waals surface area contributed by atoms with Gasteiger partial charge in [-0.2, -0.15) is 0 Å². The second-order valence-corrected chi connectivity index (χ2v) is 10.8. The molecule has 2 bridgehead atoms. The molecule has 0 aliphatic heterocycles. The third-order valence-corrected chi connectivity index (χ3v) is 9.03. The van der Waals surface area contributed by atoms with E-state index in [-0.39, 0.29) is 12.7 Å². The highest BCUT2D eigenvalue weighted by molar-refractivity contribution is 5.12. The van der Waals surface area contributed by atoms with Gasteiger partial charge in [0, 0.05) is 5.41 Å². The van der Waals surface area contributed by atoms with E-state index in [0.717, 1.165) is 30.6 Å². The van der Waals surface area contributed by atoms with Gasteiger partial charge in [-0.15, -0.1) is 0 Å². The first-order valence-electron chi connectivity index (χ1n) is 11.4. The smallest absolute Gasteiger partial charge is 0.286 e. The topological polar surface area (TPSA) is 9.23 Å². The van der Waals surface area contributed by atoms with Crippen molar-refractivity contribution in [1.29, 1.82) is 0 Å². The maximum absolute atomic E-state index is 14.8. The number of hydrogen-bond acceptors (Lipinski definition) is 1. The molecule has 0 spiro atoms. The number of hydrogen-bond donors (Lipinski definition) is 0. The average molecular weight is 387 g/mol. The minimum atomic E-state index is -3.24. The molecule has 0 heterocycles. The fourth-order valence-electron chi connectivity index (χ4n) is 6.59. The predicted molar refractivity (Wildman–Crippen MR) is 102 cm³/mol. The Balaban J connectivity index is 1.29. The number of rotatable bonds is 4. The molecule has 0 aromatic rings. The summed E-state index contributed by atoms with van der Waals surface area (Å²) in [5.74, 6) is -0.688. The molecule has 0 N–H and O–H groups in total. The lowest BCUT2D eigenvalue weighted by molar-refractivity contribution is -0.281. The maximum atomic E-state index is 14.8. The van der Waals surface area contributed by atoms with Crippen molar-refractivity contribution < 1.29 is 17.9 Å². The first-order valence-corrected chi connectivity index (χ1v) is 11.4. The first kappa shape index (κ1) is 20.0. The Hall–Kier alpha value is -0.250. The lowest BCUT2D eigenvalue weighted by Crippen LogP contribution is -2.64. The molecule has 5 aliphatic rings. The van der Waals surface area contributed by atoms with Crippen LogP contribution in [0.4, 0.5) is 13.2 Å². The Morgan fingerprint density at radius 3 is 1.89 bits per heavy atom. The molecule has 1 unspecified atom stereocenters. The van der Waals surface area contributed by atoms with Crippen LogP contribution >= 0.6 is 0 Å².